The number of nitrogens with one attached hydrogen (secondary N) is 3. The number of anilines is 2. The SMILES string of the molecule is O=C(Nc1ccc(-n2cnc3cc(NCC(F)(F)F)ccc3c2=O)nc1)NS(=O)(=O)c1ccc(Cl)s1. The number of carbonyl (C=O) groups is 1. The van der Waals surface area contributed by atoms with Gasteiger partial charge in [0.15, 0.2) is 0 Å². The van der Waals surface area contributed by atoms with Gasteiger partial charge < -0.3 is 10.6 Å². The van der Waals surface area contributed by atoms with Gasteiger partial charge in [-0.15, -0.1) is 11.3 Å². The van der Waals surface area contributed by atoms with Crippen LogP contribution in [0.15, 0.2) is 64.0 Å². The molecule has 3 heterocycles. The van der Waals surface area contributed by atoms with Crippen LogP contribution in [-0.2, 0) is 10.0 Å². The number of hydrogen-bond donors (Lipinski definition) is 3. The fourth-order valence-corrected chi connectivity index (χ4v) is 5.36. The smallest absolute Gasteiger partial charge is 0.376 e. The van der Waals surface area contributed by atoms with Gasteiger partial charge in [0, 0.05) is 5.69 Å². The van der Waals surface area contributed by atoms with E-state index in [1.54, 1.807) is 0 Å². The number of carbonyl (C=O) groups excluding carboxylic acids is 1. The Morgan fingerprint density at radius 1 is 1.08 bits per heavy atom. The average molecular weight is 559 g/mol. The van der Waals surface area contributed by atoms with Gasteiger partial charge in [-0.25, -0.2) is 27.9 Å². The van der Waals surface area contributed by atoms with Crippen LogP contribution in [0.25, 0.3) is 16.7 Å². The van der Waals surface area contributed by atoms with Crippen LogP contribution in [0, 0.1) is 0 Å². The molecule has 0 aliphatic carbocycles. The number of alkyl halides is 3. The number of fused-ring (bicyclic) bond motifs is 1. The summed E-state index contributed by atoms with van der Waals surface area (Å²) in [5, 5.41) is 4.69. The normalized spacial score (nSPS) is 11.9. The first kappa shape index (κ1) is 25.4. The molecular formula is C20H14ClF3N6O4S2. The van der Waals surface area contributed by atoms with E-state index >= 15 is 0 Å². The van der Waals surface area contributed by atoms with E-state index in [-0.39, 0.29) is 36.6 Å². The first-order valence-electron chi connectivity index (χ1n) is 9.79. The number of amides is 2. The van der Waals surface area contributed by atoms with E-state index in [0.717, 1.165) is 15.9 Å². The Bertz CT molecular complexity index is 1600. The molecule has 4 rings (SSSR count). The average Bonchev–Trinajstić information content (AvgIpc) is 3.25. The third-order valence-electron chi connectivity index (χ3n) is 4.55. The number of halogens is 4. The molecule has 0 saturated heterocycles. The maximum absolute atomic E-state index is 12.8. The molecule has 0 aliphatic rings. The fourth-order valence-electron chi connectivity index (χ4n) is 2.97. The Morgan fingerprint density at radius 2 is 1.83 bits per heavy atom. The van der Waals surface area contributed by atoms with E-state index in [0.29, 0.717) is 0 Å². The highest BCUT2D eigenvalue weighted by molar-refractivity contribution is 7.92. The van der Waals surface area contributed by atoms with Crippen LogP contribution >= 0.6 is 22.9 Å². The number of rotatable bonds is 6. The van der Waals surface area contributed by atoms with Crippen molar-refractivity contribution in [2.45, 2.75) is 10.4 Å². The quantitative estimate of drug-likeness (QED) is 0.326. The van der Waals surface area contributed by atoms with Gasteiger partial charge in [-0.2, -0.15) is 13.2 Å². The predicted octanol–water partition coefficient (Wildman–Crippen LogP) is 3.98. The van der Waals surface area contributed by atoms with Crippen molar-refractivity contribution in [3.05, 3.63) is 69.7 Å². The molecule has 36 heavy (non-hydrogen) atoms. The molecule has 4 aromatic rings. The Labute approximate surface area is 209 Å². The monoisotopic (exact) mass is 558 g/mol. The number of hydrogen-bond acceptors (Lipinski definition) is 8. The number of urea groups is 1. The molecule has 0 fully saturated rings. The minimum absolute atomic E-state index is 0.137. The van der Waals surface area contributed by atoms with Crippen LogP contribution in [0.3, 0.4) is 0 Å². The highest BCUT2D eigenvalue weighted by Crippen LogP contribution is 2.25. The zero-order valence-corrected chi connectivity index (χ0v) is 20.1. The second-order valence-corrected chi connectivity index (χ2v) is 10.8. The van der Waals surface area contributed by atoms with Gasteiger partial charge in [0.1, 0.15) is 22.9 Å². The molecule has 3 aromatic heterocycles. The number of nitrogens with zero attached hydrogens (tertiary/aromatic N) is 3. The molecule has 188 valence electrons. The summed E-state index contributed by atoms with van der Waals surface area (Å²) in [6, 6.07) is 8.38. The van der Waals surface area contributed by atoms with Crippen molar-refractivity contribution in [1.82, 2.24) is 19.3 Å². The molecule has 0 atom stereocenters. The van der Waals surface area contributed by atoms with Gasteiger partial charge in [-0.3, -0.25) is 9.36 Å². The number of sulfonamides is 1. The topological polar surface area (TPSA) is 135 Å². The molecule has 16 heteroatoms. The van der Waals surface area contributed by atoms with Crippen molar-refractivity contribution in [2.24, 2.45) is 0 Å². The summed E-state index contributed by atoms with van der Waals surface area (Å²) in [5.41, 5.74) is -0.0426. The summed E-state index contributed by atoms with van der Waals surface area (Å²) in [7, 11) is -4.11. The Kier molecular flexibility index (Phi) is 6.88. The predicted molar refractivity (Wildman–Crippen MR) is 128 cm³/mol. The Hall–Kier alpha value is -3.69. The summed E-state index contributed by atoms with van der Waals surface area (Å²) < 4.78 is 64.7. The zero-order chi connectivity index (χ0) is 26.1. The van der Waals surface area contributed by atoms with Crippen LogP contribution < -0.4 is 20.9 Å². The van der Waals surface area contributed by atoms with Crippen molar-refractivity contribution in [2.75, 3.05) is 17.2 Å². The van der Waals surface area contributed by atoms with E-state index in [1.165, 1.54) is 55.0 Å². The molecule has 0 aliphatic heterocycles. The molecule has 0 unspecified atom stereocenters. The zero-order valence-electron chi connectivity index (χ0n) is 17.7. The lowest BCUT2D eigenvalue weighted by Gasteiger charge is -2.11. The largest absolute Gasteiger partial charge is 0.405 e. The minimum atomic E-state index is -4.40. The lowest BCUT2D eigenvalue weighted by molar-refractivity contribution is -0.115. The number of pyridine rings is 1. The molecule has 10 nitrogen and oxygen atoms in total. The van der Waals surface area contributed by atoms with Gasteiger partial charge in [-0.05, 0) is 42.5 Å². The van der Waals surface area contributed by atoms with Crippen molar-refractivity contribution < 1.29 is 26.4 Å². The van der Waals surface area contributed by atoms with E-state index < -0.39 is 34.3 Å². The third kappa shape index (κ3) is 5.92. The fraction of sp³-hybridized carbons (Fsp3) is 0.100. The first-order chi connectivity index (χ1) is 16.9. The first-order valence-corrected chi connectivity index (χ1v) is 12.5. The van der Waals surface area contributed by atoms with E-state index in [1.807, 2.05) is 4.72 Å². The van der Waals surface area contributed by atoms with Crippen LogP contribution in [0.2, 0.25) is 4.34 Å². The van der Waals surface area contributed by atoms with Crippen molar-refractivity contribution in [3.63, 3.8) is 0 Å². The lowest BCUT2D eigenvalue weighted by atomic mass is 10.2. The van der Waals surface area contributed by atoms with Crippen molar-refractivity contribution >= 4 is 61.3 Å². The summed E-state index contributed by atoms with van der Waals surface area (Å²) in [4.78, 5) is 33.1. The molecule has 0 spiro atoms. The molecule has 0 radical (unpaired) electrons. The molecule has 3 N–H and O–H groups in total. The summed E-state index contributed by atoms with van der Waals surface area (Å²) >= 11 is 6.51. The summed E-state index contributed by atoms with van der Waals surface area (Å²) in [5.74, 6) is 0.139. The van der Waals surface area contributed by atoms with Crippen LogP contribution in [0.4, 0.5) is 29.3 Å². The highest BCUT2D eigenvalue weighted by atomic mass is 35.5. The van der Waals surface area contributed by atoms with Gasteiger partial charge in [0.05, 0.1) is 27.1 Å². The van der Waals surface area contributed by atoms with Crippen LogP contribution in [0.5, 0.6) is 0 Å². The van der Waals surface area contributed by atoms with Gasteiger partial charge >= 0.3 is 12.2 Å². The molecule has 1 aromatic carbocycles. The third-order valence-corrected chi connectivity index (χ3v) is 7.60. The van der Waals surface area contributed by atoms with Crippen LogP contribution in [0.1, 0.15) is 0 Å². The lowest BCUT2D eigenvalue weighted by Crippen LogP contribution is -2.34. The van der Waals surface area contributed by atoms with Crippen LogP contribution in [-0.4, -0.2) is 41.7 Å². The van der Waals surface area contributed by atoms with Crippen molar-refractivity contribution in [1.29, 1.82) is 0 Å². The second-order valence-electron chi connectivity index (χ2n) is 7.14. The summed E-state index contributed by atoms with van der Waals surface area (Å²) in [6.45, 7) is -1.23. The Balaban J connectivity index is 1.48. The number of thiophene rings is 1. The Morgan fingerprint density at radius 3 is 2.47 bits per heavy atom. The van der Waals surface area contributed by atoms with Gasteiger partial charge in [0.25, 0.3) is 15.6 Å². The maximum atomic E-state index is 12.8. The molecular weight excluding hydrogens is 545 g/mol. The molecule has 2 amide bonds. The highest BCUT2D eigenvalue weighted by Gasteiger charge is 2.26. The van der Waals surface area contributed by atoms with Crippen molar-refractivity contribution in [3.8, 4) is 5.82 Å². The second kappa shape index (κ2) is 9.75. The molecule has 0 saturated carbocycles. The van der Waals surface area contributed by atoms with E-state index in [9.17, 15) is 31.2 Å². The number of aromatic nitrogens is 3. The maximum Gasteiger partial charge on any atom is 0.405 e. The van der Waals surface area contributed by atoms with E-state index in [2.05, 4.69) is 20.6 Å². The van der Waals surface area contributed by atoms with Gasteiger partial charge in [-0.1, -0.05) is 11.6 Å². The summed E-state index contributed by atoms with van der Waals surface area (Å²) in [6.07, 6.45) is -2.03. The minimum Gasteiger partial charge on any atom is -0.376 e. The molecule has 0 bridgehead atoms. The van der Waals surface area contributed by atoms with E-state index in [4.69, 9.17) is 11.6 Å². The van der Waals surface area contributed by atoms with Gasteiger partial charge in [0.2, 0.25) is 0 Å². The number of benzene rings is 1. The standard InChI is InChI=1S/C20H14ClF3N6O4S2/c21-15-4-6-17(35-15)36(33,34)29-19(32)28-12-2-5-16(25-8-12)30-10-27-14-7-11(26-9-20(22,23)24)1-3-13(14)18(30)31/h1-8,10,26H,9H2,(H2,28,29,32).